The van der Waals surface area contributed by atoms with Gasteiger partial charge in [-0.1, -0.05) is 24.3 Å². The van der Waals surface area contributed by atoms with Crippen molar-refractivity contribution in [2.24, 2.45) is 0 Å². The highest BCUT2D eigenvalue weighted by Crippen LogP contribution is 2.30. The molecule has 0 aliphatic heterocycles. The molecule has 0 spiro atoms. The maximum Gasteiger partial charge on any atom is 0.416 e. The second kappa shape index (κ2) is 8.55. The van der Waals surface area contributed by atoms with Crippen molar-refractivity contribution in [2.45, 2.75) is 25.7 Å². The topological polar surface area (TPSA) is 95.5 Å². The number of hydrogen-bond acceptors (Lipinski definition) is 3. The van der Waals surface area contributed by atoms with E-state index in [2.05, 4.69) is 10.6 Å². The highest BCUT2D eigenvalue weighted by Gasteiger charge is 2.31. The third-order valence-corrected chi connectivity index (χ3v) is 3.92. The van der Waals surface area contributed by atoms with E-state index >= 15 is 0 Å². The third-order valence-electron chi connectivity index (χ3n) is 3.92. The van der Waals surface area contributed by atoms with Crippen LogP contribution in [0.1, 0.15) is 40.0 Å². The minimum Gasteiger partial charge on any atom is -0.478 e. The Morgan fingerprint density at radius 3 is 2.25 bits per heavy atom. The molecule has 0 aliphatic rings. The van der Waals surface area contributed by atoms with Crippen molar-refractivity contribution in [1.29, 1.82) is 0 Å². The molecule has 0 saturated carbocycles. The fourth-order valence-corrected chi connectivity index (χ4v) is 2.36. The van der Waals surface area contributed by atoms with Crippen LogP contribution in [0.2, 0.25) is 0 Å². The van der Waals surface area contributed by atoms with Crippen LogP contribution < -0.4 is 10.6 Å². The lowest BCUT2D eigenvalue weighted by Crippen LogP contribution is -2.40. The number of rotatable bonds is 5. The van der Waals surface area contributed by atoms with Gasteiger partial charge in [0.15, 0.2) is 0 Å². The van der Waals surface area contributed by atoms with Crippen molar-refractivity contribution in [3.63, 3.8) is 0 Å². The third kappa shape index (κ3) is 5.57. The summed E-state index contributed by atoms with van der Waals surface area (Å²) >= 11 is 0. The molecular formula is C19H17F3N2O4. The molecule has 3 N–H and O–H groups in total. The van der Waals surface area contributed by atoms with Gasteiger partial charge in [0.25, 0.3) is 0 Å². The van der Waals surface area contributed by atoms with Crippen LogP contribution in [0.25, 0.3) is 0 Å². The van der Waals surface area contributed by atoms with E-state index in [0.29, 0.717) is 5.56 Å². The van der Waals surface area contributed by atoms with Gasteiger partial charge in [-0.25, -0.2) is 4.79 Å². The maximum atomic E-state index is 12.8. The van der Waals surface area contributed by atoms with E-state index in [9.17, 15) is 27.6 Å². The maximum absolute atomic E-state index is 12.8. The Labute approximate surface area is 158 Å². The van der Waals surface area contributed by atoms with E-state index in [1.165, 1.54) is 43.3 Å². The summed E-state index contributed by atoms with van der Waals surface area (Å²) in [6, 6.07) is 9.37. The van der Waals surface area contributed by atoms with E-state index in [1.54, 1.807) is 0 Å². The molecular weight excluding hydrogens is 377 g/mol. The predicted octanol–water partition coefficient (Wildman–Crippen LogP) is 2.90. The molecule has 0 radical (unpaired) electrons. The minimum atomic E-state index is -4.51. The average Bonchev–Trinajstić information content (AvgIpc) is 2.65. The first kappa shape index (κ1) is 20.9. The van der Waals surface area contributed by atoms with Crippen molar-refractivity contribution in [3.05, 3.63) is 70.8 Å². The summed E-state index contributed by atoms with van der Waals surface area (Å²) < 4.78 is 38.3. The quantitative estimate of drug-likeness (QED) is 0.680. The summed E-state index contributed by atoms with van der Waals surface area (Å²) in [5.74, 6) is -3.04. The summed E-state index contributed by atoms with van der Waals surface area (Å²) in [5.41, 5.74) is 0.0281. The molecule has 9 heteroatoms. The standard InChI is InChI=1S/C19H17F3N2O4/c1-11(14-3-2-4-15(9-14)19(20,21)22)24-17(26)16(25)23-10-12-5-7-13(8-6-12)18(27)28/h2-9,11H,10H2,1H3,(H,23,25)(H,24,26)(H,27,28)/t11-/m0/s1. The number of alkyl halides is 3. The van der Waals surface area contributed by atoms with Gasteiger partial charge in [-0.3, -0.25) is 9.59 Å². The van der Waals surface area contributed by atoms with Crippen LogP contribution in [-0.2, 0) is 22.3 Å². The van der Waals surface area contributed by atoms with E-state index in [-0.39, 0.29) is 17.7 Å². The zero-order valence-electron chi connectivity index (χ0n) is 14.7. The fourth-order valence-electron chi connectivity index (χ4n) is 2.36. The number of carboxylic acid groups (broad SMARTS) is 1. The van der Waals surface area contributed by atoms with Gasteiger partial charge in [-0.2, -0.15) is 13.2 Å². The van der Waals surface area contributed by atoms with Crippen molar-refractivity contribution in [2.75, 3.05) is 0 Å². The number of halogens is 3. The number of nitrogens with one attached hydrogen (secondary N) is 2. The lowest BCUT2D eigenvalue weighted by molar-refractivity contribution is -0.139. The van der Waals surface area contributed by atoms with Crippen LogP contribution in [0.3, 0.4) is 0 Å². The number of carboxylic acids is 1. The fraction of sp³-hybridized carbons (Fsp3) is 0.211. The first-order chi connectivity index (χ1) is 13.1. The van der Waals surface area contributed by atoms with E-state index in [0.717, 1.165) is 12.1 Å². The van der Waals surface area contributed by atoms with Gasteiger partial charge in [0, 0.05) is 6.54 Å². The Hall–Kier alpha value is -3.36. The number of benzene rings is 2. The van der Waals surface area contributed by atoms with Crippen molar-refractivity contribution in [3.8, 4) is 0 Å². The molecule has 0 unspecified atom stereocenters. The average molecular weight is 394 g/mol. The number of carbonyl (C=O) groups excluding carboxylic acids is 2. The van der Waals surface area contributed by atoms with Gasteiger partial charge in [-0.05, 0) is 42.3 Å². The summed E-state index contributed by atoms with van der Waals surface area (Å²) in [6.07, 6.45) is -4.51. The van der Waals surface area contributed by atoms with Crippen molar-refractivity contribution in [1.82, 2.24) is 10.6 Å². The Morgan fingerprint density at radius 1 is 1.04 bits per heavy atom. The van der Waals surface area contributed by atoms with Gasteiger partial charge in [-0.15, -0.1) is 0 Å². The van der Waals surface area contributed by atoms with Crippen LogP contribution in [0, 0.1) is 0 Å². The molecule has 1 atom stereocenters. The van der Waals surface area contributed by atoms with E-state index in [4.69, 9.17) is 5.11 Å². The molecule has 148 valence electrons. The second-order valence-corrected chi connectivity index (χ2v) is 6.00. The van der Waals surface area contributed by atoms with Crippen LogP contribution >= 0.6 is 0 Å². The van der Waals surface area contributed by atoms with Crippen LogP contribution in [-0.4, -0.2) is 22.9 Å². The summed E-state index contributed by atoms with van der Waals surface area (Å²) in [5, 5.41) is 13.5. The zero-order valence-corrected chi connectivity index (χ0v) is 14.7. The summed E-state index contributed by atoms with van der Waals surface area (Å²) in [4.78, 5) is 34.6. The number of carbonyl (C=O) groups is 3. The molecule has 0 saturated heterocycles. The van der Waals surface area contributed by atoms with Gasteiger partial charge >= 0.3 is 24.0 Å². The minimum absolute atomic E-state index is 0.00983. The van der Waals surface area contributed by atoms with E-state index in [1.807, 2.05) is 0 Å². The Morgan fingerprint density at radius 2 is 1.68 bits per heavy atom. The second-order valence-electron chi connectivity index (χ2n) is 6.00. The van der Waals surface area contributed by atoms with E-state index < -0.39 is 35.6 Å². The normalized spacial score (nSPS) is 12.1. The molecule has 0 bridgehead atoms. The lowest BCUT2D eigenvalue weighted by atomic mass is 10.0. The van der Waals surface area contributed by atoms with Gasteiger partial charge in [0.05, 0.1) is 17.2 Å². The van der Waals surface area contributed by atoms with Crippen LogP contribution in [0.15, 0.2) is 48.5 Å². The first-order valence-electron chi connectivity index (χ1n) is 8.16. The van der Waals surface area contributed by atoms with Crippen LogP contribution in [0.5, 0.6) is 0 Å². The lowest BCUT2D eigenvalue weighted by Gasteiger charge is -2.16. The van der Waals surface area contributed by atoms with Gasteiger partial charge < -0.3 is 15.7 Å². The molecule has 2 aromatic rings. The van der Waals surface area contributed by atoms with Crippen LogP contribution in [0.4, 0.5) is 13.2 Å². The summed E-state index contributed by atoms with van der Waals surface area (Å²) in [7, 11) is 0. The van der Waals surface area contributed by atoms with Crippen molar-refractivity contribution < 1.29 is 32.7 Å². The number of hydrogen-bond donors (Lipinski definition) is 3. The smallest absolute Gasteiger partial charge is 0.416 e. The van der Waals surface area contributed by atoms with Gasteiger partial charge in [0.1, 0.15) is 0 Å². The molecule has 0 heterocycles. The highest BCUT2D eigenvalue weighted by atomic mass is 19.4. The molecule has 0 fully saturated rings. The monoisotopic (exact) mass is 394 g/mol. The molecule has 2 amide bonds. The summed E-state index contributed by atoms with van der Waals surface area (Å²) in [6.45, 7) is 1.45. The highest BCUT2D eigenvalue weighted by molar-refractivity contribution is 6.35. The largest absolute Gasteiger partial charge is 0.478 e. The molecule has 2 rings (SSSR count). The molecule has 28 heavy (non-hydrogen) atoms. The Kier molecular flexibility index (Phi) is 6.40. The molecule has 0 aromatic heterocycles. The predicted molar refractivity (Wildman–Crippen MR) is 93.2 cm³/mol. The molecule has 0 aliphatic carbocycles. The molecule has 6 nitrogen and oxygen atoms in total. The number of amides is 2. The number of aromatic carboxylic acids is 1. The van der Waals surface area contributed by atoms with Gasteiger partial charge in [0.2, 0.25) is 0 Å². The Balaban J connectivity index is 1.93. The zero-order chi connectivity index (χ0) is 20.9. The first-order valence-corrected chi connectivity index (χ1v) is 8.16. The van der Waals surface area contributed by atoms with Crippen molar-refractivity contribution >= 4 is 17.8 Å². The Bertz CT molecular complexity index is 879. The molecule has 2 aromatic carbocycles. The SMILES string of the molecule is C[C@H](NC(=O)C(=O)NCc1ccc(C(=O)O)cc1)c1cccc(C(F)(F)F)c1.